The summed E-state index contributed by atoms with van der Waals surface area (Å²) in [5.41, 5.74) is 1.53. The van der Waals surface area contributed by atoms with Crippen molar-refractivity contribution in [1.82, 2.24) is 0 Å². The van der Waals surface area contributed by atoms with Crippen molar-refractivity contribution in [3.8, 4) is 0 Å². The number of thiophene rings is 1. The predicted molar refractivity (Wildman–Crippen MR) is 74.9 cm³/mol. The van der Waals surface area contributed by atoms with Crippen molar-refractivity contribution in [2.24, 2.45) is 5.14 Å². The minimum atomic E-state index is -3.71. The van der Waals surface area contributed by atoms with E-state index in [1.54, 1.807) is 6.92 Å². The van der Waals surface area contributed by atoms with Crippen LogP contribution in [0.1, 0.15) is 4.88 Å². The van der Waals surface area contributed by atoms with Gasteiger partial charge in [-0.3, -0.25) is 0 Å². The van der Waals surface area contributed by atoms with E-state index in [1.807, 2.05) is 47.7 Å². The molecule has 0 unspecified atom stereocenters. The summed E-state index contributed by atoms with van der Waals surface area (Å²) in [7, 11) is -1.88. The number of nitrogens with zero attached hydrogens (tertiary/aromatic N) is 1. The Labute approximate surface area is 111 Å². The normalized spacial score (nSPS) is 11.5. The Hall–Kier alpha value is -1.37. The number of para-hydroxylation sites is 1. The fraction of sp³-hybridized carbons (Fsp3) is 0.167. The zero-order valence-corrected chi connectivity index (χ0v) is 11.8. The summed E-state index contributed by atoms with van der Waals surface area (Å²) in [5.74, 6) is 0. The molecule has 0 aliphatic carbocycles. The lowest BCUT2D eigenvalue weighted by atomic mass is 10.3. The van der Waals surface area contributed by atoms with Gasteiger partial charge in [0.15, 0.2) is 0 Å². The van der Waals surface area contributed by atoms with E-state index in [1.165, 1.54) is 11.3 Å². The summed E-state index contributed by atoms with van der Waals surface area (Å²) in [5, 5.41) is 7.08. The largest absolute Gasteiger partial charge is 0.343 e. The number of sulfonamides is 1. The van der Waals surface area contributed by atoms with Gasteiger partial charge in [-0.2, -0.15) is 0 Å². The molecule has 4 nitrogen and oxygen atoms in total. The molecule has 0 saturated heterocycles. The molecule has 2 rings (SSSR count). The molecule has 1 aromatic carbocycles. The van der Waals surface area contributed by atoms with Gasteiger partial charge in [-0.1, -0.05) is 18.2 Å². The number of nitrogens with two attached hydrogens (primary N) is 1. The van der Waals surface area contributed by atoms with E-state index in [-0.39, 0.29) is 4.90 Å². The van der Waals surface area contributed by atoms with Gasteiger partial charge in [0, 0.05) is 23.0 Å². The molecule has 0 bridgehead atoms. The highest BCUT2D eigenvalue weighted by Crippen LogP contribution is 2.35. The van der Waals surface area contributed by atoms with Gasteiger partial charge in [0.25, 0.3) is 0 Å². The highest BCUT2D eigenvalue weighted by molar-refractivity contribution is 7.89. The topological polar surface area (TPSA) is 63.4 Å². The first kappa shape index (κ1) is 13.1. The number of primary sulfonamides is 1. The molecule has 2 aromatic rings. The maximum atomic E-state index is 11.6. The van der Waals surface area contributed by atoms with Crippen LogP contribution in [-0.4, -0.2) is 15.5 Å². The van der Waals surface area contributed by atoms with Crippen molar-refractivity contribution in [3.05, 3.63) is 40.6 Å². The molecule has 0 fully saturated rings. The van der Waals surface area contributed by atoms with E-state index in [0.29, 0.717) is 10.6 Å². The lowest BCUT2D eigenvalue weighted by Crippen LogP contribution is -2.18. The van der Waals surface area contributed by atoms with Gasteiger partial charge < -0.3 is 4.90 Å². The standard InChI is InChI=1S/C12H14N2O2S2/c1-9-12(18(13,15)16)11(8-17-9)14(2)10-6-4-3-5-7-10/h3-8H,1-2H3,(H2,13,15,16). The average Bonchev–Trinajstić information content (AvgIpc) is 2.71. The second-order valence-corrected chi connectivity index (χ2v) is 6.53. The van der Waals surface area contributed by atoms with E-state index in [0.717, 1.165) is 5.69 Å². The Kier molecular flexibility index (Phi) is 3.43. The van der Waals surface area contributed by atoms with E-state index >= 15 is 0 Å². The third-order valence-corrected chi connectivity index (χ3v) is 4.80. The second-order valence-electron chi connectivity index (χ2n) is 3.95. The third-order valence-electron chi connectivity index (χ3n) is 2.69. The first-order valence-corrected chi connectivity index (χ1v) is 7.73. The molecule has 18 heavy (non-hydrogen) atoms. The zero-order valence-electron chi connectivity index (χ0n) is 10.1. The van der Waals surface area contributed by atoms with Crippen molar-refractivity contribution in [2.75, 3.05) is 11.9 Å². The summed E-state index contributed by atoms with van der Waals surface area (Å²) in [6.07, 6.45) is 0. The van der Waals surface area contributed by atoms with Crippen LogP contribution < -0.4 is 10.0 Å². The van der Waals surface area contributed by atoms with E-state index < -0.39 is 10.0 Å². The Morgan fingerprint density at radius 3 is 2.39 bits per heavy atom. The Morgan fingerprint density at radius 2 is 1.83 bits per heavy atom. The summed E-state index contributed by atoms with van der Waals surface area (Å²) in [4.78, 5) is 2.73. The number of rotatable bonds is 3. The molecule has 0 aliphatic heterocycles. The van der Waals surface area contributed by atoms with Gasteiger partial charge in [-0.05, 0) is 19.1 Å². The molecular formula is C12H14N2O2S2. The molecule has 0 radical (unpaired) electrons. The molecule has 1 aromatic heterocycles. The Bertz CT molecular complexity index is 648. The van der Waals surface area contributed by atoms with Gasteiger partial charge in [0.2, 0.25) is 10.0 Å². The molecule has 1 heterocycles. The van der Waals surface area contributed by atoms with E-state index in [4.69, 9.17) is 5.14 Å². The quantitative estimate of drug-likeness (QED) is 0.940. The van der Waals surface area contributed by atoms with Crippen LogP contribution in [0.15, 0.2) is 40.6 Å². The third kappa shape index (κ3) is 2.40. The smallest absolute Gasteiger partial charge is 0.241 e. The molecular weight excluding hydrogens is 268 g/mol. The van der Waals surface area contributed by atoms with Crippen molar-refractivity contribution < 1.29 is 8.42 Å². The number of hydrogen-bond acceptors (Lipinski definition) is 4. The fourth-order valence-corrected chi connectivity index (χ4v) is 4.03. The van der Waals surface area contributed by atoms with E-state index in [9.17, 15) is 8.42 Å². The molecule has 96 valence electrons. The van der Waals surface area contributed by atoms with Gasteiger partial charge in [0.1, 0.15) is 4.90 Å². The van der Waals surface area contributed by atoms with Crippen LogP contribution in [-0.2, 0) is 10.0 Å². The number of benzene rings is 1. The number of aryl methyl sites for hydroxylation is 1. The number of anilines is 2. The van der Waals surface area contributed by atoms with Gasteiger partial charge in [-0.15, -0.1) is 11.3 Å². The molecule has 2 N–H and O–H groups in total. The molecule has 6 heteroatoms. The summed E-state index contributed by atoms with van der Waals surface area (Å²) >= 11 is 1.38. The lowest BCUT2D eigenvalue weighted by molar-refractivity contribution is 0.598. The zero-order chi connectivity index (χ0) is 13.3. The Balaban J connectivity index is 2.54. The second kappa shape index (κ2) is 4.72. The molecule has 0 aliphatic rings. The Morgan fingerprint density at radius 1 is 1.22 bits per heavy atom. The average molecular weight is 282 g/mol. The summed E-state index contributed by atoms with van der Waals surface area (Å²) in [6, 6.07) is 9.56. The molecule has 0 atom stereocenters. The van der Waals surface area contributed by atoms with Crippen LogP contribution in [0.25, 0.3) is 0 Å². The van der Waals surface area contributed by atoms with Crippen LogP contribution in [0, 0.1) is 6.92 Å². The minimum absolute atomic E-state index is 0.207. The highest BCUT2D eigenvalue weighted by Gasteiger charge is 2.22. The summed E-state index contributed by atoms with van der Waals surface area (Å²) < 4.78 is 23.3. The maximum Gasteiger partial charge on any atom is 0.241 e. The van der Waals surface area contributed by atoms with Gasteiger partial charge in [0.05, 0.1) is 5.69 Å². The van der Waals surface area contributed by atoms with Crippen LogP contribution in [0.5, 0.6) is 0 Å². The van der Waals surface area contributed by atoms with Gasteiger partial charge in [-0.25, -0.2) is 13.6 Å². The molecule has 0 spiro atoms. The molecule has 0 saturated carbocycles. The maximum absolute atomic E-state index is 11.6. The van der Waals surface area contributed by atoms with Crippen LogP contribution >= 0.6 is 11.3 Å². The van der Waals surface area contributed by atoms with Crippen molar-refractivity contribution in [1.29, 1.82) is 0 Å². The lowest BCUT2D eigenvalue weighted by Gasteiger charge is -2.19. The van der Waals surface area contributed by atoms with Crippen molar-refractivity contribution >= 4 is 32.7 Å². The minimum Gasteiger partial charge on any atom is -0.343 e. The first-order chi connectivity index (χ1) is 8.41. The van der Waals surface area contributed by atoms with Crippen LogP contribution in [0.4, 0.5) is 11.4 Å². The van der Waals surface area contributed by atoms with E-state index in [2.05, 4.69) is 0 Å². The van der Waals surface area contributed by atoms with Gasteiger partial charge >= 0.3 is 0 Å². The fourth-order valence-electron chi connectivity index (χ4n) is 1.80. The predicted octanol–water partition coefficient (Wildman–Crippen LogP) is 2.47. The van der Waals surface area contributed by atoms with Crippen molar-refractivity contribution in [3.63, 3.8) is 0 Å². The van der Waals surface area contributed by atoms with Crippen LogP contribution in [0.2, 0.25) is 0 Å². The molecule has 0 amide bonds. The first-order valence-electron chi connectivity index (χ1n) is 5.31. The monoisotopic (exact) mass is 282 g/mol. The number of hydrogen-bond donors (Lipinski definition) is 1. The highest BCUT2D eigenvalue weighted by atomic mass is 32.2. The summed E-state index contributed by atoms with van der Waals surface area (Å²) in [6.45, 7) is 1.76. The van der Waals surface area contributed by atoms with Crippen LogP contribution in [0.3, 0.4) is 0 Å². The SMILES string of the molecule is Cc1scc(N(C)c2ccccc2)c1S(N)(=O)=O. The van der Waals surface area contributed by atoms with Crippen molar-refractivity contribution in [2.45, 2.75) is 11.8 Å².